The molecule has 0 spiro atoms. The van der Waals surface area contributed by atoms with Crippen LogP contribution in [-0.4, -0.2) is 41.1 Å². The SMILES string of the molecule is COc1ccccc1NC(=O)COC(=O)c1cccc(S(=O)(=O)N(C)c2ccc(C)cc2)c1. The van der Waals surface area contributed by atoms with Crippen LogP contribution in [0, 0.1) is 6.92 Å². The van der Waals surface area contributed by atoms with Gasteiger partial charge in [-0.25, -0.2) is 13.2 Å². The molecule has 0 saturated carbocycles. The molecule has 3 aromatic rings. The van der Waals surface area contributed by atoms with Gasteiger partial charge in [0.15, 0.2) is 6.61 Å². The molecule has 9 heteroatoms. The minimum Gasteiger partial charge on any atom is -0.495 e. The van der Waals surface area contributed by atoms with Crippen LogP contribution in [0.25, 0.3) is 0 Å². The minimum atomic E-state index is -3.91. The first kappa shape index (κ1) is 23.8. The lowest BCUT2D eigenvalue weighted by Gasteiger charge is -2.20. The van der Waals surface area contributed by atoms with E-state index in [9.17, 15) is 18.0 Å². The van der Waals surface area contributed by atoms with E-state index in [-0.39, 0.29) is 10.5 Å². The highest BCUT2D eigenvalue weighted by molar-refractivity contribution is 7.92. The van der Waals surface area contributed by atoms with E-state index < -0.39 is 28.5 Å². The van der Waals surface area contributed by atoms with Gasteiger partial charge in [-0.05, 0) is 49.4 Å². The molecule has 3 rings (SSSR count). The number of benzene rings is 3. The van der Waals surface area contributed by atoms with Gasteiger partial charge in [0, 0.05) is 7.05 Å². The smallest absolute Gasteiger partial charge is 0.338 e. The molecule has 33 heavy (non-hydrogen) atoms. The molecule has 0 aliphatic heterocycles. The van der Waals surface area contributed by atoms with E-state index >= 15 is 0 Å². The third kappa shape index (κ3) is 5.69. The van der Waals surface area contributed by atoms with Crippen molar-refractivity contribution < 1.29 is 27.5 Å². The summed E-state index contributed by atoms with van der Waals surface area (Å²) in [5, 5.41) is 2.60. The molecule has 172 valence electrons. The lowest BCUT2D eigenvalue weighted by Crippen LogP contribution is -2.27. The van der Waals surface area contributed by atoms with Gasteiger partial charge >= 0.3 is 5.97 Å². The van der Waals surface area contributed by atoms with Gasteiger partial charge in [0.25, 0.3) is 15.9 Å². The summed E-state index contributed by atoms with van der Waals surface area (Å²) in [6.07, 6.45) is 0. The Balaban J connectivity index is 1.69. The number of rotatable bonds is 8. The number of carbonyl (C=O) groups excluding carboxylic acids is 2. The van der Waals surface area contributed by atoms with Gasteiger partial charge in [-0.15, -0.1) is 0 Å². The van der Waals surface area contributed by atoms with Gasteiger partial charge < -0.3 is 14.8 Å². The van der Waals surface area contributed by atoms with Gasteiger partial charge in [0.1, 0.15) is 5.75 Å². The Morgan fingerprint density at radius 3 is 2.36 bits per heavy atom. The lowest BCUT2D eigenvalue weighted by atomic mass is 10.2. The zero-order chi connectivity index (χ0) is 24.0. The number of hydrogen-bond acceptors (Lipinski definition) is 6. The predicted octanol–water partition coefficient (Wildman–Crippen LogP) is 3.62. The standard InChI is InChI=1S/C24H24N2O6S/c1-17-11-13-19(14-12-17)26(2)33(29,30)20-8-6-7-18(15-20)24(28)32-16-23(27)25-21-9-4-5-10-22(21)31-3/h4-15H,16H2,1-3H3,(H,25,27). The highest BCUT2D eigenvalue weighted by Crippen LogP contribution is 2.24. The first-order valence-corrected chi connectivity index (χ1v) is 11.4. The topological polar surface area (TPSA) is 102 Å². The average Bonchev–Trinajstić information content (AvgIpc) is 2.83. The second kappa shape index (κ2) is 10.2. The number of esters is 1. The predicted molar refractivity (Wildman–Crippen MR) is 125 cm³/mol. The average molecular weight is 469 g/mol. The second-order valence-electron chi connectivity index (χ2n) is 7.16. The Kier molecular flexibility index (Phi) is 7.34. The number of methoxy groups -OCH3 is 1. The Morgan fingerprint density at radius 1 is 0.970 bits per heavy atom. The number of nitrogens with zero attached hydrogens (tertiary/aromatic N) is 1. The first-order valence-electron chi connectivity index (χ1n) is 9.98. The molecule has 8 nitrogen and oxygen atoms in total. The number of ether oxygens (including phenoxy) is 2. The Hall–Kier alpha value is -3.85. The number of nitrogens with one attached hydrogen (secondary N) is 1. The zero-order valence-electron chi connectivity index (χ0n) is 18.4. The van der Waals surface area contributed by atoms with Crippen LogP contribution in [0.3, 0.4) is 0 Å². The van der Waals surface area contributed by atoms with E-state index in [0.717, 1.165) is 9.87 Å². The van der Waals surface area contributed by atoms with Crippen LogP contribution < -0.4 is 14.4 Å². The van der Waals surface area contributed by atoms with Gasteiger partial charge in [0.05, 0.1) is 28.9 Å². The maximum atomic E-state index is 13.0. The summed E-state index contributed by atoms with van der Waals surface area (Å²) in [5.41, 5.74) is 1.94. The number of aryl methyl sites for hydroxylation is 1. The first-order chi connectivity index (χ1) is 15.7. The summed E-state index contributed by atoms with van der Waals surface area (Å²) >= 11 is 0. The van der Waals surface area contributed by atoms with E-state index in [2.05, 4.69) is 5.32 Å². The molecular formula is C24H24N2O6S. The summed E-state index contributed by atoms with van der Waals surface area (Å²) in [4.78, 5) is 24.5. The third-order valence-corrected chi connectivity index (χ3v) is 6.62. The van der Waals surface area contributed by atoms with Gasteiger partial charge in [0.2, 0.25) is 0 Å². The summed E-state index contributed by atoms with van der Waals surface area (Å²) in [6, 6.07) is 19.3. The number of para-hydroxylation sites is 2. The van der Waals surface area contributed by atoms with Crippen molar-refractivity contribution in [2.24, 2.45) is 0 Å². The van der Waals surface area contributed by atoms with Crippen LogP contribution in [0.4, 0.5) is 11.4 Å². The third-order valence-electron chi connectivity index (χ3n) is 4.84. The summed E-state index contributed by atoms with van der Waals surface area (Å²) < 4.78 is 37.4. The molecule has 0 aromatic heterocycles. The molecular weight excluding hydrogens is 444 g/mol. The fourth-order valence-corrected chi connectivity index (χ4v) is 4.23. The molecule has 0 radical (unpaired) electrons. The largest absolute Gasteiger partial charge is 0.495 e. The van der Waals surface area contributed by atoms with Crippen LogP contribution in [0.2, 0.25) is 0 Å². The van der Waals surface area contributed by atoms with Gasteiger partial charge in [-0.1, -0.05) is 35.9 Å². The molecule has 0 atom stereocenters. The number of amides is 1. The van der Waals surface area contributed by atoms with Gasteiger partial charge in [-0.2, -0.15) is 0 Å². The van der Waals surface area contributed by atoms with Crippen molar-refractivity contribution >= 4 is 33.3 Å². The maximum absolute atomic E-state index is 13.0. The van der Waals surface area contributed by atoms with Crippen molar-refractivity contribution in [3.8, 4) is 5.75 Å². The number of sulfonamides is 1. The van der Waals surface area contributed by atoms with E-state index in [1.807, 2.05) is 19.1 Å². The molecule has 0 fully saturated rings. The van der Waals surface area contributed by atoms with Crippen molar-refractivity contribution in [3.63, 3.8) is 0 Å². The molecule has 0 aliphatic carbocycles. The molecule has 0 unspecified atom stereocenters. The van der Waals surface area contributed by atoms with Crippen LogP contribution in [-0.2, 0) is 19.6 Å². The zero-order valence-corrected chi connectivity index (χ0v) is 19.3. The Bertz CT molecular complexity index is 1260. The number of hydrogen-bond donors (Lipinski definition) is 1. The highest BCUT2D eigenvalue weighted by atomic mass is 32.2. The monoisotopic (exact) mass is 468 g/mol. The molecule has 1 N–H and O–H groups in total. The molecule has 0 aliphatic rings. The normalized spacial score (nSPS) is 10.9. The summed E-state index contributed by atoms with van der Waals surface area (Å²) in [5.74, 6) is -0.913. The summed E-state index contributed by atoms with van der Waals surface area (Å²) in [7, 11) is -0.996. The number of anilines is 2. The van der Waals surface area contributed by atoms with Gasteiger partial charge in [-0.3, -0.25) is 9.10 Å². The molecule has 3 aromatic carbocycles. The van der Waals surface area contributed by atoms with Crippen molar-refractivity contribution in [1.29, 1.82) is 0 Å². The van der Waals surface area contributed by atoms with E-state index in [0.29, 0.717) is 17.1 Å². The molecule has 0 bridgehead atoms. The van der Waals surface area contributed by atoms with Crippen molar-refractivity contribution in [1.82, 2.24) is 0 Å². The Labute approximate surface area is 192 Å². The van der Waals surface area contributed by atoms with E-state index in [4.69, 9.17) is 9.47 Å². The fourth-order valence-electron chi connectivity index (χ4n) is 2.98. The van der Waals surface area contributed by atoms with E-state index in [1.54, 1.807) is 36.4 Å². The number of carbonyl (C=O) groups is 2. The van der Waals surface area contributed by atoms with Crippen LogP contribution >= 0.6 is 0 Å². The van der Waals surface area contributed by atoms with Crippen LogP contribution in [0.15, 0.2) is 77.7 Å². The van der Waals surface area contributed by atoms with Crippen LogP contribution in [0.1, 0.15) is 15.9 Å². The Morgan fingerprint density at radius 2 is 1.67 bits per heavy atom. The second-order valence-corrected chi connectivity index (χ2v) is 9.13. The van der Waals surface area contributed by atoms with Crippen molar-refractivity contribution in [2.75, 3.05) is 30.4 Å². The quantitative estimate of drug-likeness (QED) is 0.507. The maximum Gasteiger partial charge on any atom is 0.338 e. The fraction of sp³-hybridized carbons (Fsp3) is 0.167. The highest BCUT2D eigenvalue weighted by Gasteiger charge is 2.23. The molecule has 1 amide bonds. The van der Waals surface area contributed by atoms with Crippen LogP contribution in [0.5, 0.6) is 5.75 Å². The molecule has 0 heterocycles. The lowest BCUT2D eigenvalue weighted by molar-refractivity contribution is -0.119. The molecule has 0 saturated heterocycles. The minimum absolute atomic E-state index is 0.0125. The summed E-state index contributed by atoms with van der Waals surface area (Å²) in [6.45, 7) is 1.36. The van der Waals surface area contributed by atoms with Crippen molar-refractivity contribution in [2.45, 2.75) is 11.8 Å². The van der Waals surface area contributed by atoms with Crippen molar-refractivity contribution in [3.05, 3.63) is 83.9 Å². The van der Waals surface area contributed by atoms with E-state index in [1.165, 1.54) is 38.4 Å².